The monoisotopic (exact) mass is 161 g/mol. The van der Waals surface area contributed by atoms with Gasteiger partial charge in [-0.2, -0.15) is 11.8 Å². The van der Waals surface area contributed by atoms with E-state index >= 15 is 0 Å². The van der Waals surface area contributed by atoms with Crippen molar-refractivity contribution in [3.8, 4) is 0 Å². The van der Waals surface area contributed by atoms with Crippen LogP contribution in [0, 0.1) is 0 Å². The van der Waals surface area contributed by atoms with Gasteiger partial charge in [-0.25, -0.2) is 0 Å². The lowest BCUT2D eigenvalue weighted by Crippen LogP contribution is -2.31. The van der Waals surface area contributed by atoms with Crippen LogP contribution in [0.5, 0.6) is 0 Å². The molecule has 1 aliphatic heterocycles. The number of hydrogen-bond donors (Lipinski definition) is 1. The fourth-order valence-electron chi connectivity index (χ4n) is 1.06. The standard InChI is InChI=1S/C7H15NOS/c1-9-4-3-8-7-2-5-10-6-7/h7-8H,2-6H2,1H3/t7-/m1/s1. The van der Waals surface area contributed by atoms with Crippen LogP contribution in [0.1, 0.15) is 6.42 Å². The van der Waals surface area contributed by atoms with Crippen LogP contribution in [0.15, 0.2) is 0 Å². The highest BCUT2D eigenvalue weighted by atomic mass is 32.2. The molecule has 0 saturated carbocycles. The van der Waals surface area contributed by atoms with Gasteiger partial charge in [-0.15, -0.1) is 0 Å². The summed E-state index contributed by atoms with van der Waals surface area (Å²) >= 11 is 2.04. The molecule has 1 rings (SSSR count). The Labute approximate surface area is 66.7 Å². The highest BCUT2D eigenvalue weighted by molar-refractivity contribution is 7.99. The minimum absolute atomic E-state index is 0.750. The number of methoxy groups -OCH3 is 1. The molecule has 1 fully saturated rings. The topological polar surface area (TPSA) is 21.3 Å². The third-order valence-corrected chi connectivity index (χ3v) is 2.83. The normalized spacial score (nSPS) is 25.5. The molecule has 2 nitrogen and oxygen atoms in total. The van der Waals surface area contributed by atoms with E-state index in [0.29, 0.717) is 0 Å². The van der Waals surface area contributed by atoms with Crippen molar-refractivity contribution >= 4 is 11.8 Å². The van der Waals surface area contributed by atoms with Gasteiger partial charge in [0.15, 0.2) is 0 Å². The average Bonchev–Trinajstić information content (AvgIpc) is 2.41. The molecule has 0 aliphatic carbocycles. The smallest absolute Gasteiger partial charge is 0.0587 e. The summed E-state index contributed by atoms with van der Waals surface area (Å²) in [4.78, 5) is 0. The molecule has 0 unspecified atom stereocenters. The van der Waals surface area contributed by atoms with E-state index in [4.69, 9.17) is 4.74 Å². The van der Waals surface area contributed by atoms with Gasteiger partial charge < -0.3 is 10.1 Å². The summed E-state index contributed by atoms with van der Waals surface area (Å²) in [6, 6.07) is 0.750. The second-order valence-electron chi connectivity index (χ2n) is 2.51. The maximum absolute atomic E-state index is 4.93. The van der Waals surface area contributed by atoms with Gasteiger partial charge >= 0.3 is 0 Å². The second-order valence-corrected chi connectivity index (χ2v) is 3.66. The summed E-state index contributed by atoms with van der Waals surface area (Å²) in [6.45, 7) is 1.84. The van der Waals surface area contributed by atoms with E-state index < -0.39 is 0 Å². The Morgan fingerprint density at radius 1 is 1.70 bits per heavy atom. The zero-order chi connectivity index (χ0) is 7.23. The van der Waals surface area contributed by atoms with E-state index in [2.05, 4.69) is 5.32 Å². The Kier molecular flexibility index (Phi) is 4.18. The number of nitrogens with one attached hydrogen (secondary N) is 1. The van der Waals surface area contributed by atoms with Gasteiger partial charge in [0.25, 0.3) is 0 Å². The fourth-order valence-corrected chi connectivity index (χ4v) is 2.25. The van der Waals surface area contributed by atoms with Crippen molar-refractivity contribution in [1.82, 2.24) is 5.32 Å². The van der Waals surface area contributed by atoms with Crippen LogP contribution >= 0.6 is 11.8 Å². The molecule has 10 heavy (non-hydrogen) atoms. The van der Waals surface area contributed by atoms with Gasteiger partial charge in [0.1, 0.15) is 0 Å². The molecule has 0 aromatic carbocycles. The van der Waals surface area contributed by atoms with Crippen LogP contribution in [-0.4, -0.2) is 37.8 Å². The molecule has 0 bridgehead atoms. The van der Waals surface area contributed by atoms with Gasteiger partial charge in [0, 0.05) is 25.4 Å². The van der Waals surface area contributed by atoms with Crippen molar-refractivity contribution in [2.75, 3.05) is 31.8 Å². The molecule has 1 heterocycles. The molecule has 1 N–H and O–H groups in total. The highest BCUT2D eigenvalue weighted by Gasteiger charge is 2.13. The molecular formula is C7H15NOS. The Morgan fingerprint density at radius 3 is 3.20 bits per heavy atom. The zero-order valence-electron chi connectivity index (χ0n) is 6.43. The highest BCUT2D eigenvalue weighted by Crippen LogP contribution is 2.16. The van der Waals surface area contributed by atoms with Crippen LogP contribution in [-0.2, 0) is 4.74 Å². The minimum Gasteiger partial charge on any atom is -0.383 e. The Balaban J connectivity index is 1.91. The molecule has 1 aliphatic rings. The van der Waals surface area contributed by atoms with Crippen molar-refractivity contribution in [3.63, 3.8) is 0 Å². The molecule has 1 atom stereocenters. The summed E-state index contributed by atoms with van der Waals surface area (Å²) in [5, 5.41) is 3.44. The summed E-state index contributed by atoms with van der Waals surface area (Å²) in [7, 11) is 1.74. The van der Waals surface area contributed by atoms with Crippen LogP contribution in [0.2, 0.25) is 0 Å². The lowest BCUT2D eigenvalue weighted by Gasteiger charge is -2.09. The van der Waals surface area contributed by atoms with Gasteiger partial charge in [-0.05, 0) is 12.2 Å². The van der Waals surface area contributed by atoms with Crippen LogP contribution < -0.4 is 5.32 Å². The van der Waals surface area contributed by atoms with E-state index in [9.17, 15) is 0 Å². The molecule has 0 radical (unpaired) electrons. The van der Waals surface area contributed by atoms with Crippen LogP contribution in [0.3, 0.4) is 0 Å². The van der Waals surface area contributed by atoms with E-state index in [1.54, 1.807) is 7.11 Å². The van der Waals surface area contributed by atoms with E-state index in [1.807, 2.05) is 11.8 Å². The molecular weight excluding hydrogens is 146 g/mol. The molecule has 3 heteroatoms. The Hall–Kier alpha value is 0.270. The maximum Gasteiger partial charge on any atom is 0.0587 e. The summed E-state index contributed by atoms with van der Waals surface area (Å²) in [6.07, 6.45) is 1.33. The quantitative estimate of drug-likeness (QED) is 0.614. The van der Waals surface area contributed by atoms with Gasteiger partial charge in [0.05, 0.1) is 6.61 Å². The third-order valence-electron chi connectivity index (χ3n) is 1.67. The third kappa shape index (κ3) is 2.90. The van der Waals surface area contributed by atoms with Gasteiger partial charge in [0.2, 0.25) is 0 Å². The van der Waals surface area contributed by atoms with E-state index in [-0.39, 0.29) is 0 Å². The predicted molar refractivity (Wildman–Crippen MR) is 45.6 cm³/mol. The lowest BCUT2D eigenvalue weighted by molar-refractivity contribution is 0.196. The average molecular weight is 161 g/mol. The summed E-state index contributed by atoms with van der Waals surface area (Å²) < 4.78 is 4.93. The molecule has 0 amide bonds. The van der Waals surface area contributed by atoms with E-state index in [1.165, 1.54) is 17.9 Å². The Bertz CT molecular complexity index is 83.7. The van der Waals surface area contributed by atoms with Gasteiger partial charge in [-0.3, -0.25) is 0 Å². The lowest BCUT2D eigenvalue weighted by atomic mass is 10.3. The first-order valence-corrected chi connectivity index (χ1v) is 4.89. The van der Waals surface area contributed by atoms with Crippen molar-refractivity contribution in [2.45, 2.75) is 12.5 Å². The van der Waals surface area contributed by atoms with E-state index in [0.717, 1.165) is 19.2 Å². The summed E-state index contributed by atoms with van der Waals surface area (Å²) in [5.74, 6) is 2.61. The first-order valence-electron chi connectivity index (χ1n) is 3.73. The SMILES string of the molecule is COCCN[C@@H]1CCSC1. The number of hydrogen-bond acceptors (Lipinski definition) is 3. The largest absolute Gasteiger partial charge is 0.383 e. The summed E-state index contributed by atoms with van der Waals surface area (Å²) in [5.41, 5.74) is 0. The first-order chi connectivity index (χ1) is 4.93. The van der Waals surface area contributed by atoms with Crippen molar-refractivity contribution < 1.29 is 4.74 Å². The minimum atomic E-state index is 0.750. The molecule has 60 valence electrons. The van der Waals surface area contributed by atoms with Crippen molar-refractivity contribution in [3.05, 3.63) is 0 Å². The van der Waals surface area contributed by atoms with Crippen molar-refractivity contribution in [2.24, 2.45) is 0 Å². The number of ether oxygens (including phenoxy) is 1. The maximum atomic E-state index is 4.93. The number of rotatable bonds is 4. The number of thioether (sulfide) groups is 1. The predicted octanol–water partition coefficient (Wildman–Crippen LogP) is 0.728. The zero-order valence-corrected chi connectivity index (χ0v) is 7.25. The first kappa shape index (κ1) is 8.37. The molecule has 1 saturated heterocycles. The van der Waals surface area contributed by atoms with Gasteiger partial charge in [-0.1, -0.05) is 0 Å². The molecule has 0 aromatic heterocycles. The van der Waals surface area contributed by atoms with Crippen molar-refractivity contribution in [1.29, 1.82) is 0 Å². The molecule has 0 spiro atoms. The second kappa shape index (κ2) is 4.99. The fraction of sp³-hybridized carbons (Fsp3) is 1.00. The molecule has 0 aromatic rings. The van der Waals surface area contributed by atoms with Crippen LogP contribution in [0.4, 0.5) is 0 Å². The van der Waals surface area contributed by atoms with Crippen LogP contribution in [0.25, 0.3) is 0 Å². The Morgan fingerprint density at radius 2 is 2.60 bits per heavy atom.